The molecule has 3 aromatic rings. The summed E-state index contributed by atoms with van der Waals surface area (Å²) in [5.41, 5.74) is 1.61. The van der Waals surface area contributed by atoms with Gasteiger partial charge in [-0.25, -0.2) is 14.2 Å². The lowest BCUT2D eigenvalue weighted by atomic mass is 10.2. The number of hydrogen-bond donors (Lipinski definition) is 1. The minimum absolute atomic E-state index is 0.293. The normalized spacial score (nSPS) is 12.5. The summed E-state index contributed by atoms with van der Waals surface area (Å²) < 4.78 is 15.6. The zero-order valence-corrected chi connectivity index (χ0v) is 11.3. The number of fused-ring (bicyclic) bond motifs is 1. The summed E-state index contributed by atoms with van der Waals surface area (Å²) in [6, 6.07) is 12.6. The van der Waals surface area contributed by atoms with Gasteiger partial charge in [0.2, 0.25) is 0 Å². The van der Waals surface area contributed by atoms with Crippen LogP contribution in [-0.2, 0) is 4.79 Å². The fourth-order valence-electron chi connectivity index (χ4n) is 2.38. The summed E-state index contributed by atoms with van der Waals surface area (Å²) >= 11 is 0. The quantitative estimate of drug-likeness (QED) is 0.801. The van der Waals surface area contributed by atoms with Crippen molar-refractivity contribution in [2.24, 2.45) is 0 Å². The molecule has 4 nitrogen and oxygen atoms in total. The van der Waals surface area contributed by atoms with E-state index in [9.17, 15) is 14.3 Å². The zero-order chi connectivity index (χ0) is 15.0. The van der Waals surface area contributed by atoms with Gasteiger partial charge in [-0.05, 0) is 31.2 Å². The molecule has 0 amide bonds. The standard InChI is InChI=1S/C16H13FN2O2/c1-10(16(20)21)19-14-9-5-4-8-13(14)18-15(19)11-6-2-3-7-12(11)17/h2-10H,1H3,(H,20,21). The van der Waals surface area contributed by atoms with E-state index in [1.54, 1.807) is 47.9 Å². The van der Waals surface area contributed by atoms with Crippen LogP contribution in [0, 0.1) is 5.82 Å². The number of carboxylic acids is 1. The van der Waals surface area contributed by atoms with Crippen LogP contribution >= 0.6 is 0 Å². The first-order valence-electron chi connectivity index (χ1n) is 6.54. The van der Waals surface area contributed by atoms with Crippen molar-refractivity contribution in [1.82, 2.24) is 9.55 Å². The van der Waals surface area contributed by atoms with Gasteiger partial charge in [-0.15, -0.1) is 0 Å². The number of nitrogens with zero attached hydrogens (tertiary/aromatic N) is 2. The summed E-state index contributed by atoms with van der Waals surface area (Å²) in [6.45, 7) is 1.56. The van der Waals surface area contributed by atoms with Crippen LogP contribution in [-0.4, -0.2) is 20.6 Å². The second-order valence-electron chi connectivity index (χ2n) is 4.79. The SMILES string of the molecule is CC(C(=O)O)n1c(-c2ccccc2F)nc2ccccc21. The average Bonchev–Trinajstić information content (AvgIpc) is 2.85. The number of imidazole rings is 1. The van der Waals surface area contributed by atoms with Gasteiger partial charge in [-0.2, -0.15) is 0 Å². The summed E-state index contributed by atoms with van der Waals surface area (Å²) in [7, 11) is 0. The third-order valence-electron chi connectivity index (χ3n) is 3.46. The van der Waals surface area contributed by atoms with Crippen LogP contribution in [0.1, 0.15) is 13.0 Å². The highest BCUT2D eigenvalue weighted by Gasteiger charge is 2.22. The smallest absolute Gasteiger partial charge is 0.326 e. The lowest BCUT2D eigenvalue weighted by molar-refractivity contribution is -0.140. The van der Waals surface area contributed by atoms with Gasteiger partial charge in [0.15, 0.2) is 0 Å². The molecule has 3 rings (SSSR count). The Hall–Kier alpha value is -2.69. The first-order chi connectivity index (χ1) is 10.1. The Kier molecular flexibility index (Phi) is 3.17. The molecule has 0 aliphatic carbocycles. The molecule has 2 aromatic carbocycles. The molecule has 0 saturated heterocycles. The van der Waals surface area contributed by atoms with Crippen molar-refractivity contribution < 1.29 is 14.3 Å². The molecule has 0 bridgehead atoms. The van der Waals surface area contributed by atoms with Crippen molar-refractivity contribution in [3.05, 3.63) is 54.3 Å². The molecule has 1 atom stereocenters. The van der Waals surface area contributed by atoms with E-state index in [2.05, 4.69) is 4.98 Å². The number of benzene rings is 2. The molecule has 1 heterocycles. The summed E-state index contributed by atoms with van der Waals surface area (Å²) in [5.74, 6) is -1.09. The molecule has 1 aromatic heterocycles. The van der Waals surface area contributed by atoms with E-state index in [1.165, 1.54) is 6.07 Å². The highest BCUT2D eigenvalue weighted by Crippen LogP contribution is 2.29. The Morgan fingerprint density at radius 3 is 2.57 bits per heavy atom. The molecule has 1 unspecified atom stereocenters. The molecule has 0 fully saturated rings. The largest absolute Gasteiger partial charge is 0.480 e. The topological polar surface area (TPSA) is 55.1 Å². The first kappa shape index (κ1) is 13.3. The summed E-state index contributed by atoms with van der Waals surface area (Å²) in [4.78, 5) is 15.8. The van der Waals surface area contributed by atoms with Gasteiger partial charge in [0, 0.05) is 0 Å². The van der Waals surface area contributed by atoms with E-state index < -0.39 is 17.8 Å². The van der Waals surface area contributed by atoms with Gasteiger partial charge in [-0.1, -0.05) is 24.3 Å². The predicted octanol–water partition coefficient (Wildman–Crippen LogP) is 3.49. The van der Waals surface area contributed by atoms with E-state index in [0.717, 1.165) is 0 Å². The van der Waals surface area contributed by atoms with Gasteiger partial charge >= 0.3 is 5.97 Å². The lowest BCUT2D eigenvalue weighted by Gasteiger charge is -2.14. The van der Waals surface area contributed by atoms with Crippen molar-refractivity contribution in [3.8, 4) is 11.4 Å². The number of rotatable bonds is 3. The highest BCUT2D eigenvalue weighted by atomic mass is 19.1. The maximum Gasteiger partial charge on any atom is 0.326 e. The minimum Gasteiger partial charge on any atom is -0.480 e. The Morgan fingerprint density at radius 1 is 1.19 bits per heavy atom. The fourth-order valence-corrected chi connectivity index (χ4v) is 2.38. The van der Waals surface area contributed by atoms with Crippen LogP contribution in [0.15, 0.2) is 48.5 Å². The summed E-state index contributed by atoms with van der Waals surface area (Å²) in [6.07, 6.45) is 0. The molecule has 0 radical (unpaired) electrons. The Balaban J connectivity index is 2.34. The van der Waals surface area contributed by atoms with E-state index in [1.807, 2.05) is 6.07 Å². The highest BCUT2D eigenvalue weighted by molar-refractivity contribution is 5.84. The third kappa shape index (κ3) is 2.16. The molecule has 21 heavy (non-hydrogen) atoms. The molecular weight excluding hydrogens is 271 g/mol. The molecule has 0 spiro atoms. The maximum absolute atomic E-state index is 14.0. The van der Waals surface area contributed by atoms with Crippen molar-refractivity contribution in [2.45, 2.75) is 13.0 Å². The number of carboxylic acid groups (broad SMARTS) is 1. The van der Waals surface area contributed by atoms with Crippen LogP contribution in [0.25, 0.3) is 22.4 Å². The van der Waals surface area contributed by atoms with E-state index in [0.29, 0.717) is 22.4 Å². The molecular formula is C16H13FN2O2. The van der Waals surface area contributed by atoms with Crippen LogP contribution in [0.5, 0.6) is 0 Å². The van der Waals surface area contributed by atoms with E-state index in [4.69, 9.17) is 0 Å². The Bertz CT molecular complexity index is 826. The van der Waals surface area contributed by atoms with Crippen molar-refractivity contribution in [2.75, 3.05) is 0 Å². The number of halogens is 1. The number of carbonyl (C=O) groups is 1. The summed E-state index contributed by atoms with van der Waals surface area (Å²) in [5, 5.41) is 9.31. The van der Waals surface area contributed by atoms with Gasteiger partial charge in [0.1, 0.15) is 17.7 Å². The second kappa shape index (κ2) is 5.01. The van der Waals surface area contributed by atoms with Crippen LogP contribution in [0.4, 0.5) is 4.39 Å². The number of para-hydroxylation sites is 2. The molecule has 106 valence electrons. The zero-order valence-electron chi connectivity index (χ0n) is 11.3. The number of aromatic nitrogens is 2. The maximum atomic E-state index is 14.0. The van der Waals surface area contributed by atoms with Gasteiger partial charge in [0.05, 0.1) is 16.6 Å². The monoisotopic (exact) mass is 284 g/mol. The van der Waals surface area contributed by atoms with Crippen LogP contribution in [0.3, 0.4) is 0 Å². The van der Waals surface area contributed by atoms with Crippen LogP contribution in [0.2, 0.25) is 0 Å². The van der Waals surface area contributed by atoms with E-state index in [-0.39, 0.29) is 0 Å². The Labute approximate surface area is 120 Å². The van der Waals surface area contributed by atoms with Gasteiger partial charge in [-0.3, -0.25) is 0 Å². The van der Waals surface area contributed by atoms with Crippen molar-refractivity contribution >= 4 is 17.0 Å². The fraction of sp³-hybridized carbons (Fsp3) is 0.125. The molecule has 0 aliphatic rings. The molecule has 0 aliphatic heterocycles. The lowest BCUT2D eigenvalue weighted by Crippen LogP contribution is -2.16. The minimum atomic E-state index is -0.990. The first-order valence-corrected chi connectivity index (χ1v) is 6.54. The van der Waals surface area contributed by atoms with Gasteiger partial charge < -0.3 is 9.67 Å². The average molecular weight is 284 g/mol. The second-order valence-corrected chi connectivity index (χ2v) is 4.79. The third-order valence-corrected chi connectivity index (χ3v) is 3.46. The predicted molar refractivity (Wildman–Crippen MR) is 77.5 cm³/mol. The molecule has 1 N–H and O–H groups in total. The van der Waals surface area contributed by atoms with E-state index >= 15 is 0 Å². The van der Waals surface area contributed by atoms with Crippen molar-refractivity contribution in [3.63, 3.8) is 0 Å². The number of aliphatic carboxylic acids is 1. The molecule has 0 saturated carbocycles. The van der Waals surface area contributed by atoms with Gasteiger partial charge in [0.25, 0.3) is 0 Å². The number of hydrogen-bond acceptors (Lipinski definition) is 2. The molecule has 5 heteroatoms. The van der Waals surface area contributed by atoms with Crippen molar-refractivity contribution in [1.29, 1.82) is 0 Å². The Morgan fingerprint density at radius 2 is 1.86 bits per heavy atom. The van der Waals surface area contributed by atoms with Crippen LogP contribution < -0.4 is 0 Å².